The van der Waals surface area contributed by atoms with Crippen molar-refractivity contribution in [3.8, 4) is 5.82 Å². The highest BCUT2D eigenvalue weighted by atomic mass is 16.3. The minimum absolute atomic E-state index is 0.0209. The van der Waals surface area contributed by atoms with Crippen molar-refractivity contribution in [3.05, 3.63) is 41.3 Å². The first-order valence-electron chi connectivity index (χ1n) is 8.12. The van der Waals surface area contributed by atoms with Crippen molar-refractivity contribution >= 4 is 5.91 Å². The first-order valence-corrected chi connectivity index (χ1v) is 8.12. The van der Waals surface area contributed by atoms with Crippen molar-refractivity contribution in [2.24, 2.45) is 5.41 Å². The van der Waals surface area contributed by atoms with Gasteiger partial charge in [-0.05, 0) is 43.9 Å². The summed E-state index contributed by atoms with van der Waals surface area (Å²) in [6.07, 6.45) is 1.59. The molecular formula is C18H26N4O2. The predicted octanol–water partition coefficient (Wildman–Crippen LogP) is 2.41. The zero-order chi connectivity index (χ0) is 17.9. The van der Waals surface area contributed by atoms with Gasteiger partial charge in [0.05, 0.1) is 17.4 Å². The smallest absolute Gasteiger partial charge is 0.252 e. The lowest BCUT2D eigenvalue weighted by Crippen LogP contribution is -2.34. The van der Waals surface area contributed by atoms with Gasteiger partial charge in [0.15, 0.2) is 5.82 Å². The largest absolute Gasteiger partial charge is 0.391 e. The summed E-state index contributed by atoms with van der Waals surface area (Å²) in [7, 11) is 0. The third-order valence-corrected chi connectivity index (χ3v) is 3.58. The van der Waals surface area contributed by atoms with Crippen molar-refractivity contribution in [1.29, 1.82) is 0 Å². The molecule has 0 aromatic carbocycles. The van der Waals surface area contributed by atoms with Crippen molar-refractivity contribution in [1.82, 2.24) is 20.1 Å². The molecule has 6 heteroatoms. The molecule has 0 spiro atoms. The molecule has 0 aliphatic rings. The van der Waals surface area contributed by atoms with Gasteiger partial charge in [-0.3, -0.25) is 4.79 Å². The third kappa shape index (κ3) is 4.89. The highest BCUT2D eigenvalue weighted by molar-refractivity contribution is 5.93. The fraction of sp³-hybridized carbons (Fsp3) is 0.500. The second-order valence-corrected chi connectivity index (χ2v) is 7.37. The molecule has 6 nitrogen and oxygen atoms in total. The molecular weight excluding hydrogens is 304 g/mol. The van der Waals surface area contributed by atoms with Crippen LogP contribution < -0.4 is 5.32 Å². The number of pyridine rings is 1. The Hall–Kier alpha value is -2.21. The van der Waals surface area contributed by atoms with E-state index in [1.54, 1.807) is 16.8 Å². The molecule has 1 amide bonds. The Morgan fingerprint density at radius 2 is 2.04 bits per heavy atom. The average molecular weight is 330 g/mol. The summed E-state index contributed by atoms with van der Waals surface area (Å²) in [6, 6.07) is 5.45. The maximum absolute atomic E-state index is 12.1. The number of aliphatic hydroxyl groups is 1. The summed E-state index contributed by atoms with van der Waals surface area (Å²) in [5, 5.41) is 17.1. The first kappa shape index (κ1) is 18.1. The van der Waals surface area contributed by atoms with Crippen LogP contribution in [-0.2, 0) is 0 Å². The highest BCUT2D eigenvalue weighted by Crippen LogP contribution is 2.20. The number of hydrogen-bond donors (Lipinski definition) is 2. The summed E-state index contributed by atoms with van der Waals surface area (Å²) < 4.78 is 1.74. The average Bonchev–Trinajstić information content (AvgIpc) is 2.82. The molecule has 0 bridgehead atoms. The number of nitrogens with one attached hydrogen (secondary N) is 1. The number of nitrogens with zero attached hydrogens (tertiary/aromatic N) is 3. The third-order valence-electron chi connectivity index (χ3n) is 3.58. The number of carbonyl (C=O) groups is 1. The molecule has 2 rings (SSSR count). The van der Waals surface area contributed by atoms with Crippen LogP contribution >= 0.6 is 0 Å². The summed E-state index contributed by atoms with van der Waals surface area (Å²) in [5.74, 6) is 0.431. The van der Waals surface area contributed by atoms with Crippen LogP contribution in [0.25, 0.3) is 5.82 Å². The zero-order valence-electron chi connectivity index (χ0n) is 15.0. The first-order chi connectivity index (χ1) is 11.2. The number of carbonyl (C=O) groups excluding carboxylic acids is 1. The standard InChI is InChI=1S/C18H26N4O2/c1-12-8-13(2)22(21-12)16-7-6-14(10-19-16)17(24)20-11-15(23)9-18(3,4)5/h6-8,10,15,23H,9,11H2,1-5H3,(H,20,24)/t15-/m0/s1. The van der Waals surface area contributed by atoms with Gasteiger partial charge in [0, 0.05) is 18.4 Å². The Balaban J connectivity index is 1.98. The van der Waals surface area contributed by atoms with Gasteiger partial charge >= 0.3 is 0 Å². The van der Waals surface area contributed by atoms with Crippen molar-refractivity contribution in [2.75, 3.05) is 6.54 Å². The molecule has 2 N–H and O–H groups in total. The lowest BCUT2D eigenvalue weighted by molar-refractivity contribution is 0.0868. The van der Waals surface area contributed by atoms with Gasteiger partial charge in [-0.25, -0.2) is 9.67 Å². The molecule has 1 atom stereocenters. The minimum Gasteiger partial charge on any atom is -0.391 e. The Labute approximate surface area is 142 Å². The van der Waals surface area contributed by atoms with E-state index in [0.29, 0.717) is 17.8 Å². The van der Waals surface area contributed by atoms with E-state index in [4.69, 9.17) is 0 Å². The quantitative estimate of drug-likeness (QED) is 0.882. The molecule has 0 saturated carbocycles. The second kappa shape index (κ2) is 7.13. The Morgan fingerprint density at radius 3 is 2.54 bits per heavy atom. The van der Waals surface area contributed by atoms with Crippen molar-refractivity contribution < 1.29 is 9.90 Å². The van der Waals surface area contributed by atoms with Crippen LogP contribution in [0, 0.1) is 19.3 Å². The molecule has 2 aromatic rings. The minimum atomic E-state index is -0.559. The summed E-state index contributed by atoms with van der Waals surface area (Å²) in [6.45, 7) is 10.3. The van der Waals surface area contributed by atoms with E-state index in [1.807, 2.05) is 19.9 Å². The Kier molecular flexibility index (Phi) is 5.39. The van der Waals surface area contributed by atoms with Gasteiger partial charge in [0.25, 0.3) is 5.91 Å². The molecule has 0 aliphatic carbocycles. The summed E-state index contributed by atoms with van der Waals surface area (Å²) >= 11 is 0. The van der Waals surface area contributed by atoms with Gasteiger partial charge in [-0.1, -0.05) is 20.8 Å². The monoisotopic (exact) mass is 330 g/mol. The van der Waals surface area contributed by atoms with Gasteiger partial charge in [0.1, 0.15) is 0 Å². The highest BCUT2D eigenvalue weighted by Gasteiger charge is 2.17. The fourth-order valence-electron chi connectivity index (χ4n) is 2.60. The van der Waals surface area contributed by atoms with E-state index in [9.17, 15) is 9.90 Å². The van der Waals surface area contributed by atoms with Gasteiger partial charge in [-0.15, -0.1) is 0 Å². The summed E-state index contributed by atoms with van der Waals surface area (Å²) in [4.78, 5) is 16.5. The van der Waals surface area contributed by atoms with Crippen molar-refractivity contribution in [2.45, 2.75) is 47.1 Å². The van der Waals surface area contributed by atoms with E-state index in [-0.39, 0.29) is 17.9 Å². The molecule has 2 aromatic heterocycles. The maximum atomic E-state index is 12.1. The lowest BCUT2D eigenvalue weighted by atomic mass is 9.89. The van der Waals surface area contributed by atoms with Crippen LogP contribution in [0.3, 0.4) is 0 Å². The Morgan fingerprint density at radius 1 is 1.33 bits per heavy atom. The molecule has 0 fully saturated rings. The van der Waals surface area contributed by atoms with Crippen LogP contribution in [0.4, 0.5) is 0 Å². The summed E-state index contributed by atoms with van der Waals surface area (Å²) in [5.41, 5.74) is 2.39. The van der Waals surface area contributed by atoms with Crippen molar-refractivity contribution in [3.63, 3.8) is 0 Å². The second-order valence-electron chi connectivity index (χ2n) is 7.37. The van der Waals surface area contributed by atoms with Gasteiger partial charge < -0.3 is 10.4 Å². The zero-order valence-corrected chi connectivity index (χ0v) is 15.0. The molecule has 0 radical (unpaired) electrons. The van der Waals surface area contributed by atoms with Crippen LogP contribution in [0.2, 0.25) is 0 Å². The molecule has 0 unspecified atom stereocenters. The Bertz CT molecular complexity index is 699. The van der Waals surface area contributed by atoms with E-state index < -0.39 is 6.10 Å². The van der Waals surface area contributed by atoms with E-state index in [2.05, 4.69) is 36.2 Å². The molecule has 0 aliphatic heterocycles. The fourth-order valence-corrected chi connectivity index (χ4v) is 2.60. The molecule has 24 heavy (non-hydrogen) atoms. The van der Waals surface area contributed by atoms with Gasteiger partial charge in [-0.2, -0.15) is 5.10 Å². The predicted molar refractivity (Wildman–Crippen MR) is 93.2 cm³/mol. The normalized spacial score (nSPS) is 12.9. The van der Waals surface area contributed by atoms with Crippen LogP contribution in [0.1, 0.15) is 48.9 Å². The van der Waals surface area contributed by atoms with E-state index in [1.165, 1.54) is 6.20 Å². The van der Waals surface area contributed by atoms with E-state index in [0.717, 1.165) is 11.4 Å². The number of hydrogen-bond acceptors (Lipinski definition) is 4. The number of aliphatic hydroxyl groups excluding tert-OH is 1. The van der Waals surface area contributed by atoms with Crippen LogP contribution in [0.15, 0.2) is 24.4 Å². The molecule has 2 heterocycles. The number of rotatable bonds is 5. The number of amides is 1. The lowest BCUT2D eigenvalue weighted by Gasteiger charge is -2.22. The van der Waals surface area contributed by atoms with E-state index >= 15 is 0 Å². The molecule has 130 valence electrons. The maximum Gasteiger partial charge on any atom is 0.252 e. The van der Waals surface area contributed by atoms with Gasteiger partial charge in [0.2, 0.25) is 0 Å². The number of aromatic nitrogens is 3. The number of aryl methyl sites for hydroxylation is 2. The van der Waals surface area contributed by atoms with Crippen LogP contribution in [0.5, 0.6) is 0 Å². The van der Waals surface area contributed by atoms with Crippen LogP contribution in [-0.4, -0.2) is 38.4 Å². The topological polar surface area (TPSA) is 80.0 Å². The SMILES string of the molecule is Cc1cc(C)n(-c2ccc(C(=O)NC[C@@H](O)CC(C)(C)C)cn2)n1. The molecule has 0 saturated heterocycles.